The minimum absolute atomic E-state index is 0.331. The van der Waals surface area contributed by atoms with Gasteiger partial charge in [0, 0.05) is 11.9 Å². The van der Waals surface area contributed by atoms with Crippen LogP contribution in [0, 0.1) is 18.3 Å². The van der Waals surface area contributed by atoms with E-state index in [1.807, 2.05) is 19.1 Å². The Bertz CT molecular complexity index is 1010. The molecule has 1 aromatic carbocycles. The average molecular weight is 380 g/mol. The Morgan fingerprint density at radius 2 is 2.00 bits per heavy atom. The number of carbonyl (C=O) groups excluding carboxylic acids is 2. The van der Waals surface area contributed by atoms with Crippen LogP contribution in [0.3, 0.4) is 0 Å². The van der Waals surface area contributed by atoms with E-state index in [1.165, 1.54) is 18.3 Å². The quantitative estimate of drug-likeness (QED) is 0.685. The molecule has 0 saturated carbocycles. The number of thiophene rings is 1. The SMILES string of the molecule is Cc1ccnn1-c1ccc(C(=O)O[C@@H](C)C(=O)Nc2sccc2C#N)cc1. The number of anilines is 1. The Kier molecular flexibility index (Phi) is 5.33. The number of amides is 1. The van der Waals surface area contributed by atoms with E-state index < -0.39 is 18.0 Å². The maximum absolute atomic E-state index is 12.3. The highest BCUT2D eigenvalue weighted by atomic mass is 32.1. The van der Waals surface area contributed by atoms with Gasteiger partial charge in [0.15, 0.2) is 6.10 Å². The van der Waals surface area contributed by atoms with Crippen molar-refractivity contribution < 1.29 is 14.3 Å². The molecule has 0 fully saturated rings. The molecule has 0 radical (unpaired) electrons. The summed E-state index contributed by atoms with van der Waals surface area (Å²) in [6.45, 7) is 3.41. The second kappa shape index (κ2) is 7.85. The topological polar surface area (TPSA) is 97.0 Å². The average Bonchev–Trinajstić information content (AvgIpc) is 3.30. The van der Waals surface area contributed by atoms with E-state index in [4.69, 9.17) is 10.00 Å². The first kappa shape index (κ1) is 18.4. The van der Waals surface area contributed by atoms with Crippen molar-refractivity contribution in [1.29, 1.82) is 5.26 Å². The van der Waals surface area contributed by atoms with Crippen molar-refractivity contribution in [3.63, 3.8) is 0 Å². The second-order valence-electron chi connectivity index (χ2n) is 5.74. The summed E-state index contributed by atoms with van der Waals surface area (Å²) in [6.07, 6.45) is 0.697. The van der Waals surface area contributed by atoms with Gasteiger partial charge in [-0.15, -0.1) is 11.3 Å². The third-order valence-corrected chi connectivity index (χ3v) is 4.68. The number of nitrogens with zero attached hydrogens (tertiary/aromatic N) is 3. The molecule has 3 aromatic rings. The molecule has 0 unspecified atom stereocenters. The zero-order valence-corrected chi connectivity index (χ0v) is 15.5. The van der Waals surface area contributed by atoms with E-state index in [9.17, 15) is 9.59 Å². The standard InChI is InChI=1S/C19H16N4O3S/c1-12-7-9-21-23(12)16-5-3-14(4-6-16)19(25)26-13(2)17(24)22-18-15(11-20)8-10-27-18/h3-10,13H,1-2H3,(H,22,24)/t13-/m0/s1. The van der Waals surface area contributed by atoms with Crippen LogP contribution >= 0.6 is 11.3 Å². The minimum atomic E-state index is -1.00. The number of rotatable bonds is 5. The number of benzene rings is 1. The first-order valence-corrected chi connectivity index (χ1v) is 8.98. The maximum atomic E-state index is 12.3. The summed E-state index contributed by atoms with van der Waals surface area (Å²) >= 11 is 1.23. The van der Waals surface area contributed by atoms with Crippen molar-refractivity contribution in [3.8, 4) is 11.8 Å². The Labute approximate surface area is 159 Å². The van der Waals surface area contributed by atoms with Crippen molar-refractivity contribution in [2.75, 3.05) is 5.32 Å². The monoisotopic (exact) mass is 380 g/mol. The number of esters is 1. The molecule has 0 aliphatic rings. The third kappa shape index (κ3) is 4.04. The maximum Gasteiger partial charge on any atom is 0.338 e. The van der Waals surface area contributed by atoms with Crippen molar-refractivity contribution >= 4 is 28.2 Å². The summed E-state index contributed by atoms with van der Waals surface area (Å²) in [6, 6.07) is 12.2. The number of ether oxygens (including phenoxy) is 1. The van der Waals surface area contributed by atoms with E-state index in [2.05, 4.69) is 10.4 Å². The van der Waals surface area contributed by atoms with Gasteiger partial charge in [-0.3, -0.25) is 4.79 Å². The zero-order valence-electron chi connectivity index (χ0n) is 14.7. The minimum Gasteiger partial charge on any atom is -0.449 e. The van der Waals surface area contributed by atoms with Crippen LogP contribution in [0.4, 0.5) is 5.00 Å². The van der Waals surface area contributed by atoms with Gasteiger partial charge in [0.1, 0.15) is 11.1 Å². The van der Waals surface area contributed by atoms with Crippen LogP contribution in [0.2, 0.25) is 0 Å². The van der Waals surface area contributed by atoms with Crippen molar-refractivity contribution in [3.05, 3.63) is 64.8 Å². The van der Waals surface area contributed by atoms with Crippen LogP contribution in [0.1, 0.15) is 28.5 Å². The lowest BCUT2D eigenvalue weighted by Gasteiger charge is -2.13. The summed E-state index contributed by atoms with van der Waals surface area (Å²) in [5, 5.41) is 17.9. The Hall–Kier alpha value is -3.44. The normalized spacial score (nSPS) is 11.4. The number of carbonyl (C=O) groups is 2. The van der Waals surface area contributed by atoms with Gasteiger partial charge in [-0.05, 0) is 55.6 Å². The summed E-state index contributed by atoms with van der Waals surface area (Å²) in [7, 11) is 0. The van der Waals surface area contributed by atoms with Gasteiger partial charge >= 0.3 is 5.97 Å². The largest absolute Gasteiger partial charge is 0.449 e. The van der Waals surface area contributed by atoms with Gasteiger partial charge in [-0.1, -0.05) is 0 Å². The second-order valence-corrected chi connectivity index (χ2v) is 6.66. The number of aromatic nitrogens is 2. The predicted molar refractivity (Wildman–Crippen MR) is 101 cm³/mol. The molecule has 7 nitrogen and oxygen atoms in total. The lowest BCUT2D eigenvalue weighted by Crippen LogP contribution is -2.29. The first-order chi connectivity index (χ1) is 13.0. The van der Waals surface area contributed by atoms with E-state index in [-0.39, 0.29) is 0 Å². The molecule has 1 atom stereocenters. The zero-order chi connectivity index (χ0) is 19.4. The Balaban J connectivity index is 1.63. The van der Waals surface area contributed by atoms with Crippen LogP contribution in [0.5, 0.6) is 0 Å². The van der Waals surface area contributed by atoms with Gasteiger partial charge in [0.05, 0.1) is 16.8 Å². The van der Waals surface area contributed by atoms with E-state index in [1.54, 1.807) is 46.6 Å². The summed E-state index contributed by atoms with van der Waals surface area (Å²) in [5.41, 5.74) is 2.50. The molecular formula is C19H16N4O3S. The van der Waals surface area contributed by atoms with Crippen LogP contribution < -0.4 is 5.32 Å². The number of nitrogens with one attached hydrogen (secondary N) is 1. The highest BCUT2D eigenvalue weighted by molar-refractivity contribution is 7.14. The van der Waals surface area contributed by atoms with Gasteiger partial charge < -0.3 is 10.1 Å². The molecule has 136 valence electrons. The van der Waals surface area contributed by atoms with Gasteiger partial charge in [-0.2, -0.15) is 10.4 Å². The Morgan fingerprint density at radius 3 is 2.63 bits per heavy atom. The molecule has 0 aliphatic carbocycles. The van der Waals surface area contributed by atoms with E-state index in [0.717, 1.165) is 11.4 Å². The number of nitriles is 1. The van der Waals surface area contributed by atoms with Crippen LogP contribution in [-0.2, 0) is 9.53 Å². The van der Waals surface area contributed by atoms with Gasteiger partial charge in [0.2, 0.25) is 0 Å². The first-order valence-electron chi connectivity index (χ1n) is 8.10. The molecule has 1 amide bonds. The van der Waals surface area contributed by atoms with Crippen molar-refractivity contribution in [2.45, 2.75) is 20.0 Å². The lowest BCUT2D eigenvalue weighted by atomic mass is 10.2. The number of aryl methyl sites for hydroxylation is 1. The van der Waals surface area contributed by atoms with E-state index in [0.29, 0.717) is 16.1 Å². The third-order valence-electron chi connectivity index (χ3n) is 3.85. The molecule has 0 bridgehead atoms. The van der Waals surface area contributed by atoms with Crippen LogP contribution in [0.25, 0.3) is 5.69 Å². The van der Waals surface area contributed by atoms with Crippen LogP contribution in [-0.4, -0.2) is 27.8 Å². The fourth-order valence-electron chi connectivity index (χ4n) is 2.37. The number of hydrogen-bond donors (Lipinski definition) is 1. The molecule has 0 aliphatic heterocycles. The molecular weight excluding hydrogens is 364 g/mol. The van der Waals surface area contributed by atoms with Crippen molar-refractivity contribution in [2.24, 2.45) is 0 Å². The molecule has 1 N–H and O–H groups in total. The van der Waals surface area contributed by atoms with Crippen LogP contribution in [0.15, 0.2) is 48.0 Å². The lowest BCUT2D eigenvalue weighted by molar-refractivity contribution is -0.123. The fourth-order valence-corrected chi connectivity index (χ4v) is 3.11. The summed E-state index contributed by atoms with van der Waals surface area (Å²) in [5.74, 6) is -1.10. The molecule has 0 spiro atoms. The van der Waals surface area contributed by atoms with Crippen molar-refractivity contribution in [1.82, 2.24) is 9.78 Å². The fraction of sp³-hybridized carbons (Fsp3) is 0.158. The molecule has 3 rings (SSSR count). The number of hydrogen-bond acceptors (Lipinski definition) is 6. The molecule has 27 heavy (non-hydrogen) atoms. The van der Waals surface area contributed by atoms with E-state index >= 15 is 0 Å². The molecule has 2 heterocycles. The van der Waals surface area contributed by atoms with Gasteiger partial charge in [0.25, 0.3) is 5.91 Å². The summed E-state index contributed by atoms with van der Waals surface area (Å²) in [4.78, 5) is 24.5. The predicted octanol–water partition coefficient (Wildman–Crippen LogP) is 3.30. The summed E-state index contributed by atoms with van der Waals surface area (Å²) < 4.78 is 6.97. The highest BCUT2D eigenvalue weighted by Crippen LogP contribution is 2.22. The highest BCUT2D eigenvalue weighted by Gasteiger charge is 2.20. The molecule has 8 heteroatoms. The Morgan fingerprint density at radius 1 is 1.26 bits per heavy atom. The van der Waals surface area contributed by atoms with Gasteiger partial charge in [-0.25, -0.2) is 9.48 Å². The molecule has 2 aromatic heterocycles. The molecule has 0 saturated heterocycles. The smallest absolute Gasteiger partial charge is 0.338 e.